The number of carbonyl (C=O) groups excluding carboxylic acids is 1. The Morgan fingerprint density at radius 1 is 1.59 bits per heavy atom. The molecule has 1 aromatic rings. The quantitative estimate of drug-likeness (QED) is 0.902. The number of thioether (sulfide) groups is 1. The molecule has 0 saturated heterocycles. The molecule has 0 heterocycles. The van der Waals surface area contributed by atoms with Crippen molar-refractivity contribution in [2.45, 2.75) is 6.92 Å². The molecule has 0 radical (unpaired) electrons. The molecule has 0 saturated carbocycles. The third-order valence-electron chi connectivity index (χ3n) is 2.26. The van der Waals surface area contributed by atoms with E-state index < -0.39 is 5.82 Å². The molecular formula is C12H15BrFNOS. The molecule has 0 aliphatic rings. The summed E-state index contributed by atoms with van der Waals surface area (Å²) in [5.74, 6) is 0.477. The molecule has 94 valence electrons. The number of nitrogens with one attached hydrogen (secondary N) is 1. The van der Waals surface area contributed by atoms with Crippen molar-refractivity contribution in [1.82, 2.24) is 5.32 Å². The summed E-state index contributed by atoms with van der Waals surface area (Å²) < 4.78 is 13.9. The number of hydrogen-bond acceptors (Lipinski definition) is 2. The molecule has 0 aliphatic carbocycles. The van der Waals surface area contributed by atoms with Crippen LogP contribution in [-0.2, 0) is 0 Å². The molecule has 1 atom stereocenters. The first-order chi connectivity index (χ1) is 8.06. The fourth-order valence-electron chi connectivity index (χ4n) is 1.38. The SMILES string of the molecule is CSCC(C)CNC(=O)c1cccc(Br)c1F. The molecule has 5 heteroatoms. The van der Waals surface area contributed by atoms with E-state index in [2.05, 4.69) is 21.2 Å². The van der Waals surface area contributed by atoms with Crippen molar-refractivity contribution < 1.29 is 9.18 Å². The van der Waals surface area contributed by atoms with Gasteiger partial charge in [-0.1, -0.05) is 13.0 Å². The van der Waals surface area contributed by atoms with Crippen LogP contribution < -0.4 is 5.32 Å². The van der Waals surface area contributed by atoms with Crippen LogP contribution in [0.5, 0.6) is 0 Å². The number of benzene rings is 1. The molecule has 0 fully saturated rings. The summed E-state index contributed by atoms with van der Waals surface area (Å²) in [6.45, 7) is 2.61. The molecule has 1 aromatic carbocycles. The predicted molar refractivity (Wildman–Crippen MR) is 74.0 cm³/mol. The Kier molecular flexibility index (Phi) is 5.98. The van der Waals surface area contributed by atoms with Crippen LogP contribution in [0, 0.1) is 11.7 Å². The molecule has 1 amide bonds. The number of hydrogen-bond donors (Lipinski definition) is 1. The van der Waals surface area contributed by atoms with Crippen LogP contribution in [-0.4, -0.2) is 24.5 Å². The summed E-state index contributed by atoms with van der Waals surface area (Å²) >= 11 is 4.79. The highest BCUT2D eigenvalue weighted by Crippen LogP contribution is 2.18. The minimum Gasteiger partial charge on any atom is -0.352 e. The zero-order valence-electron chi connectivity index (χ0n) is 9.80. The number of halogens is 2. The van der Waals surface area contributed by atoms with Crippen molar-refractivity contribution in [3.8, 4) is 0 Å². The standard InChI is InChI=1S/C12H15BrFNOS/c1-8(7-17-2)6-15-12(16)9-4-3-5-10(13)11(9)14/h3-5,8H,6-7H2,1-2H3,(H,15,16). The van der Waals surface area contributed by atoms with Gasteiger partial charge in [-0.15, -0.1) is 0 Å². The molecule has 17 heavy (non-hydrogen) atoms. The Bertz CT molecular complexity index is 400. The maximum atomic E-state index is 13.6. The second-order valence-corrected chi connectivity index (χ2v) is 5.64. The highest BCUT2D eigenvalue weighted by atomic mass is 79.9. The zero-order chi connectivity index (χ0) is 12.8. The second kappa shape index (κ2) is 7.01. The van der Waals surface area contributed by atoms with Gasteiger partial charge in [-0.25, -0.2) is 4.39 Å². The van der Waals surface area contributed by atoms with Crippen molar-refractivity contribution in [2.24, 2.45) is 5.92 Å². The average molecular weight is 320 g/mol. The lowest BCUT2D eigenvalue weighted by atomic mass is 10.1. The third-order valence-corrected chi connectivity index (χ3v) is 3.77. The van der Waals surface area contributed by atoms with Crippen molar-refractivity contribution >= 4 is 33.6 Å². The smallest absolute Gasteiger partial charge is 0.254 e. The van der Waals surface area contributed by atoms with E-state index in [0.29, 0.717) is 16.9 Å². The second-order valence-electron chi connectivity index (χ2n) is 3.87. The van der Waals surface area contributed by atoms with Gasteiger partial charge in [0.05, 0.1) is 10.0 Å². The van der Waals surface area contributed by atoms with Crippen LogP contribution in [0.3, 0.4) is 0 Å². The van der Waals surface area contributed by atoms with Crippen molar-refractivity contribution in [2.75, 3.05) is 18.6 Å². The topological polar surface area (TPSA) is 29.1 Å². The van der Waals surface area contributed by atoms with Crippen molar-refractivity contribution in [3.05, 3.63) is 34.1 Å². The third kappa shape index (κ3) is 4.32. The Hall–Kier alpha value is -0.550. The fourth-order valence-corrected chi connectivity index (χ4v) is 2.44. The van der Waals surface area contributed by atoms with Crippen LogP contribution in [0.25, 0.3) is 0 Å². The fraction of sp³-hybridized carbons (Fsp3) is 0.417. The molecule has 1 rings (SSSR count). The summed E-state index contributed by atoms with van der Waals surface area (Å²) in [7, 11) is 0. The number of carbonyl (C=O) groups is 1. The normalized spacial score (nSPS) is 12.2. The van der Waals surface area contributed by atoms with E-state index >= 15 is 0 Å². The van der Waals surface area contributed by atoms with Gasteiger partial charge in [-0.3, -0.25) is 4.79 Å². The van der Waals surface area contributed by atoms with Crippen LogP contribution in [0.15, 0.2) is 22.7 Å². The highest BCUT2D eigenvalue weighted by Gasteiger charge is 2.14. The Balaban J connectivity index is 2.61. The van der Waals surface area contributed by atoms with E-state index in [1.54, 1.807) is 23.9 Å². The monoisotopic (exact) mass is 319 g/mol. The first-order valence-electron chi connectivity index (χ1n) is 5.27. The first kappa shape index (κ1) is 14.5. The first-order valence-corrected chi connectivity index (χ1v) is 7.46. The van der Waals surface area contributed by atoms with Crippen molar-refractivity contribution in [1.29, 1.82) is 0 Å². The van der Waals surface area contributed by atoms with E-state index in [1.807, 2.05) is 13.2 Å². The van der Waals surface area contributed by atoms with E-state index in [-0.39, 0.29) is 11.5 Å². The maximum absolute atomic E-state index is 13.6. The molecule has 0 bridgehead atoms. The minimum atomic E-state index is -0.512. The molecule has 1 unspecified atom stereocenters. The Labute approximate surface area is 113 Å². The van der Waals surface area contributed by atoms with Gasteiger partial charge >= 0.3 is 0 Å². The molecule has 0 aliphatic heterocycles. The molecule has 2 nitrogen and oxygen atoms in total. The average Bonchev–Trinajstić information content (AvgIpc) is 2.30. The van der Waals surface area contributed by atoms with Crippen LogP contribution in [0.4, 0.5) is 4.39 Å². The van der Waals surface area contributed by atoms with Gasteiger partial charge in [0, 0.05) is 6.54 Å². The molecule has 0 aromatic heterocycles. The lowest BCUT2D eigenvalue weighted by molar-refractivity contribution is 0.0945. The maximum Gasteiger partial charge on any atom is 0.254 e. The summed E-state index contributed by atoms with van der Waals surface area (Å²) in [4.78, 5) is 11.7. The molecule has 0 spiro atoms. The van der Waals surface area contributed by atoms with Gasteiger partial charge < -0.3 is 5.32 Å². The van der Waals surface area contributed by atoms with E-state index in [0.717, 1.165) is 5.75 Å². The Morgan fingerprint density at radius 3 is 2.94 bits per heavy atom. The molecular weight excluding hydrogens is 305 g/mol. The minimum absolute atomic E-state index is 0.0794. The van der Waals surface area contributed by atoms with E-state index in [1.165, 1.54) is 6.07 Å². The van der Waals surface area contributed by atoms with Crippen LogP contribution in [0.1, 0.15) is 17.3 Å². The summed E-state index contributed by atoms with van der Waals surface area (Å²) in [6.07, 6.45) is 2.02. The van der Waals surface area contributed by atoms with Crippen LogP contribution >= 0.6 is 27.7 Å². The van der Waals surface area contributed by atoms with Gasteiger partial charge in [-0.2, -0.15) is 11.8 Å². The number of rotatable bonds is 5. The van der Waals surface area contributed by atoms with Gasteiger partial charge in [0.1, 0.15) is 5.82 Å². The lowest BCUT2D eigenvalue weighted by Gasteiger charge is -2.11. The predicted octanol–water partition coefficient (Wildman–Crippen LogP) is 3.32. The van der Waals surface area contributed by atoms with Gasteiger partial charge in [0.15, 0.2) is 0 Å². The Morgan fingerprint density at radius 2 is 2.29 bits per heavy atom. The lowest BCUT2D eigenvalue weighted by Crippen LogP contribution is -2.29. The van der Waals surface area contributed by atoms with E-state index in [9.17, 15) is 9.18 Å². The highest BCUT2D eigenvalue weighted by molar-refractivity contribution is 9.10. The van der Waals surface area contributed by atoms with Gasteiger partial charge in [-0.05, 0) is 46.0 Å². The molecule has 1 N–H and O–H groups in total. The van der Waals surface area contributed by atoms with Crippen LogP contribution in [0.2, 0.25) is 0 Å². The summed E-state index contributed by atoms with van der Waals surface area (Å²) in [5.41, 5.74) is 0.0794. The van der Waals surface area contributed by atoms with Gasteiger partial charge in [0.2, 0.25) is 0 Å². The van der Waals surface area contributed by atoms with E-state index in [4.69, 9.17) is 0 Å². The summed E-state index contributed by atoms with van der Waals surface area (Å²) in [6, 6.07) is 4.70. The van der Waals surface area contributed by atoms with Crippen molar-refractivity contribution in [3.63, 3.8) is 0 Å². The van der Waals surface area contributed by atoms with Gasteiger partial charge in [0.25, 0.3) is 5.91 Å². The zero-order valence-corrected chi connectivity index (χ0v) is 12.2. The number of amides is 1. The largest absolute Gasteiger partial charge is 0.352 e. The summed E-state index contributed by atoms with van der Waals surface area (Å²) in [5, 5.41) is 2.74.